The summed E-state index contributed by atoms with van der Waals surface area (Å²) >= 11 is 1.92. The van der Waals surface area contributed by atoms with Crippen LogP contribution in [0.4, 0.5) is 0 Å². The van der Waals surface area contributed by atoms with Crippen LogP contribution in [0.5, 0.6) is 0 Å². The molecule has 0 radical (unpaired) electrons. The van der Waals surface area contributed by atoms with Crippen LogP contribution in [0, 0.1) is 35.0 Å². The molecule has 10 aromatic rings. The lowest BCUT2D eigenvalue weighted by Crippen LogP contribution is -2.48. The highest BCUT2D eigenvalue weighted by Crippen LogP contribution is 2.70. The van der Waals surface area contributed by atoms with Crippen molar-refractivity contribution in [2.75, 3.05) is 0 Å². The van der Waals surface area contributed by atoms with Crippen molar-refractivity contribution in [1.82, 2.24) is 0 Å². The number of thiophene rings is 1. The molecule has 14 rings (SSSR count). The standard InChI is InChI=1S/C61H43NS/c62-35-36-13-15-38(16-14-36)39-17-19-40(20-18-39)59-49-8-1-3-10-51(49)60(52-11-4-2-9-50(52)59)44-23-27-48-47-26-22-42(33-57(47)63-58(48)34-44)41-24-28-55-53(32-41)46-7-5-6-12-54(46)61(55)45-25-21-43-29-37(30-45)31-56(43)61/h1-20,22-24,26-28,32-34,37,43,45,56H,21,25,29-31H2. The largest absolute Gasteiger partial charge is 0.192 e. The molecule has 1 aromatic heterocycles. The van der Waals surface area contributed by atoms with Crippen molar-refractivity contribution in [1.29, 1.82) is 5.26 Å². The molecule has 4 aliphatic rings. The molecule has 4 aliphatic carbocycles. The summed E-state index contributed by atoms with van der Waals surface area (Å²) in [6, 6.07) is 68.3. The highest BCUT2D eigenvalue weighted by Gasteiger charge is 2.63. The Morgan fingerprint density at radius 3 is 1.68 bits per heavy atom. The van der Waals surface area contributed by atoms with Crippen molar-refractivity contribution in [3.05, 3.63) is 193 Å². The Labute approximate surface area is 371 Å². The lowest BCUT2D eigenvalue weighted by Gasteiger charge is -2.52. The SMILES string of the molecule is N#Cc1ccc(-c2ccc(-c3c4ccccc4c(-c4ccc5c(c4)sc4cc(-c6ccc7c(c6)-c6ccccc6C76C7CCC8CC(C7)CC86)ccc45)c4ccccc34)cc2)cc1. The smallest absolute Gasteiger partial charge is 0.0991 e. The van der Waals surface area contributed by atoms with Crippen LogP contribution in [0.3, 0.4) is 0 Å². The van der Waals surface area contributed by atoms with Gasteiger partial charge in [-0.25, -0.2) is 0 Å². The second-order valence-electron chi connectivity index (χ2n) is 19.0. The van der Waals surface area contributed by atoms with Gasteiger partial charge in [0.25, 0.3) is 0 Å². The molecular formula is C61H43NS. The van der Waals surface area contributed by atoms with Crippen molar-refractivity contribution in [2.24, 2.45) is 23.7 Å². The van der Waals surface area contributed by atoms with E-state index in [0.717, 1.165) is 34.8 Å². The third-order valence-electron chi connectivity index (χ3n) is 16.2. The van der Waals surface area contributed by atoms with Gasteiger partial charge in [0.1, 0.15) is 0 Å². The van der Waals surface area contributed by atoms with Crippen LogP contribution in [0.2, 0.25) is 0 Å². The molecule has 1 nitrogen and oxygen atoms in total. The first-order valence-corrected chi connectivity index (χ1v) is 23.7. The Balaban J connectivity index is 0.861. The topological polar surface area (TPSA) is 23.8 Å². The molecule has 0 aliphatic heterocycles. The molecule has 1 spiro atoms. The summed E-state index contributed by atoms with van der Waals surface area (Å²) in [5.74, 6) is 3.43. The van der Waals surface area contributed by atoms with Crippen molar-refractivity contribution >= 4 is 53.1 Å². The minimum Gasteiger partial charge on any atom is -0.192 e. The molecule has 63 heavy (non-hydrogen) atoms. The highest BCUT2D eigenvalue weighted by atomic mass is 32.1. The molecule has 0 saturated heterocycles. The summed E-state index contributed by atoms with van der Waals surface area (Å²) in [7, 11) is 0. The quantitative estimate of drug-likeness (QED) is 0.162. The molecule has 2 heteroatoms. The van der Waals surface area contributed by atoms with E-state index in [2.05, 4.69) is 158 Å². The van der Waals surface area contributed by atoms with E-state index in [1.807, 2.05) is 35.6 Å². The van der Waals surface area contributed by atoms with Crippen LogP contribution in [0.1, 0.15) is 48.8 Å². The van der Waals surface area contributed by atoms with E-state index in [9.17, 15) is 5.26 Å². The first kappa shape index (κ1) is 35.8. The Morgan fingerprint density at radius 1 is 0.444 bits per heavy atom. The molecule has 3 bridgehead atoms. The maximum atomic E-state index is 9.29. The van der Waals surface area contributed by atoms with E-state index in [0.29, 0.717) is 5.56 Å². The van der Waals surface area contributed by atoms with Crippen LogP contribution >= 0.6 is 11.3 Å². The number of hydrogen-bond acceptors (Lipinski definition) is 2. The minimum atomic E-state index is 0.212. The van der Waals surface area contributed by atoms with E-state index in [1.165, 1.54) is 118 Å². The van der Waals surface area contributed by atoms with Gasteiger partial charge in [-0.3, -0.25) is 0 Å². The van der Waals surface area contributed by atoms with Crippen LogP contribution in [0.25, 0.3) is 97.4 Å². The van der Waals surface area contributed by atoms with Gasteiger partial charge < -0.3 is 0 Å². The van der Waals surface area contributed by atoms with Crippen LogP contribution < -0.4 is 0 Å². The van der Waals surface area contributed by atoms with Crippen LogP contribution in [-0.4, -0.2) is 0 Å². The molecule has 298 valence electrons. The molecule has 3 fully saturated rings. The number of nitrogens with zero attached hydrogens (tertiary/aromatic N) is 1. The number of rotatable bonds is 4. The first-order chi connectivity index (χ1) is 31.1. The van der Waals surface area contributed by atoms with Crippen molar-refractivity contribution < 1.29 is 0 Å². The maximum Gasteiger partial charge on any atom is 0.0991 e. The second kappa shape index (κ2) is 13.4. The average molecular weight is 822 g/mol. The van der Waals surface area contributed by atoms with Crippen LogP contribution in [-0.2, 0) is 5.41 Å². The summed E-state index contributed by atoms with van der Waals surface area (Å²) in [6.45, 7) is 0. The van der Waals surface area contributed by atoms with E-state index < -0.39 is 0 Å². The number of hydrogen-bond donors (Lipinski definition) is 0. The Bertz CT molecular complexity index is 3530. The zero-order valence-electron chi connectivity index (χ0n) is 34.9. The van der Waals surface area contributed by atoms with Gasteiger partial charge in [-0.1, -0.05) is 146 Å². The molecule has 0 N–H and O–H groups in total. The van der Waals surface area contributed by atoms with Crippen molar-refractivity contribution in [3.63, 3.8) is 0 Å². The summed E-state index contributed by atoms with van der Waals surface area (Å²) in [6.07, 6.45) is 7.15. The fourth-order valence-corrected chi connectivity index (χ4v) is 14.9. The summed E-state index contributed by atoms with van der Waals surface area (Å²) in [4.78, 5) is 0. The molecule has 5 unspecified atom stereocenters. The maximum absolute atomic E-state index is 9.29. The molecule has 9 aromatic carbocycles. The number of benzene rings is 9. The second-order valence-corrected chi connectivity index (χ2v) is 20.1. The van der Waals surface area contributed by atoms with E-state index >= 15 is 0 Å². The lowest BCUT2D eigenvalue weighted by molar-refractivity contribution is 0.0768. The van der Waals surface area contributed by atoms with Gasteiger partial charge in [0, 0.05) is 25.6 Å². The van der Waals surface area contributed by atoms with Gasteiger partial charge in [0.2, 0.25) is 0 Å². The summed E-state index contributed by atoms with van der Waals surface area (Å²) in [5, 5.41) is 17.0. The van der Waals surface area contributed by atoms with E-state index in [-0.39, 0.29) is 5.41 Å². The Morgan fingerprint density at radius 2 is 0.984 bits per heavy atom. The third kappa shape index (κ3) is 5.03. The zero-order chi connectivity index (χ0) is 41.4. The fraction of sp³-hybridized carbons (Fsp3) is 0.164. The van der Waals surface area contributed by atoms with Gasteiger partial charge >= 0.3 is 0 Å². The highest BCUT2D eigenvalue weighted by molar-refractivity contribution is 7.25. The average Bonchev–Trinajstić information content (AvgIpc) is 3.93. The Kier molecular flexibility index (Phi) is 7.58. The fourth-order valence-electron chi connectivity index (χ4n) is 13.8. The molecule has 1 heterocycles. The summed E-state index contributed by atoms with van der Waals surface area (Å²) in [5.41, 5.74) is 17.0. The van der Waals surface area contributed by atoms with E-state index in [4.69, 9.17) is 0 Å². The zero-order valence-corrected chi connectivity index (χ0v) is 35.8. The lowest BCUT2D eigenvalue weighted by atomic mass is 9.51. The van der Waals surface area contributed by atoms with Gasteiger partial charge in [0.15, 0.2) is 0 Å². The predicted octanol–water partition coefficient (Wildman–Crippen LogP) is 16.6. The minimum absolute atomic E-state index is 0.212. The third-order valence-corrected chi connectivity index (χ3v) is 17.3. The van der Waals surface area contributed by atoms with Gasteiger partial charge in [-0.05, 0) is 174 Å². The molecular weight excluding hydrogens is 779 g/mol. The normalized spacial score (nSPS) is 21.7. The monoisotopic (exact) mass is 821 g/mol. The van der Waals surface area contributed by atoms with Crippen molar-refractivity contribution in [3.8, 4) is 61.7 Å². The predicted molar refractivity (Wildman–Crippen MR) is 264 cm³/mol. The first-order valence-electron chi connectivity index (χ1n) is 22.9. The molecule has 3 saturated carbocycles. The number of nitriles is 1. The summed E-state index contributed by atoms with van der Waals surface area (Å²) < 4.78 is 2.66. The molecule has 5 atom stereocenters. The van der Waals surface area contributed by atoms with Gasteiger partial charge in [0.05, 0.1) is 11.6 Å². The van der Waals surface area contributed by atoms with E-state index in [1.54, 1.807) is 11.1 Å². The van der Waals surface area contributed by atoms with Gasteiger partial charge in [-0.15, -0.1) is 11.3 Å². The molecule has 0 amide bonds. The van der Waals surface area contributed by atoms with Crippen LogP contribution in [0.15, 0.2) is 176 Å². The van der Waals surface area contributed by atoms with Crippen molar-refractivity contribution in [2.45, 2.75) is 37.5 Å². The van der Waals surface area contributed by atoms with Gasteiger partial charge in [-0.2, -0.15) is 5.26 Å². The Hall–Kier alpha value is -6.79. The number of fused-ring (bicyclic) bond motifs is 9.